The highest BCUT2D eigenvalue weighted by molar-refractivity contribution is 5.89. The third kappa shape index (κ3) is 2.24. The van der Waals surface area contributed by atoms with Gasteiger partial charge in [0.2, 0.25) is 5.91 Å². The first-order valence-electron chi connectivity index (χ1n) is 7.85. The number of carbonyl (C=O) groups is 1. The third-order valence-corrected chi connectivity index (χ3v) is 4.63. The monoisotopic (exact) mass is 276 g/mol. The minimum atomic E-state index is -0.330. The van der Waals surface area contributed by atoms with Crippen molar-refractivity contribution in [3.8, 4) is 0 Å². The minimum Gasteiger partial charge on any atom is -0.346 e. The Morgan fingerprint density at radius 3 is 2.85 bits per heavy atom. The lowest BCUT2D eigenvalue weighted by Gasteiger charge is -2.31. The van der Waals surface area contributed by atoms with Crippen molar-refractivity contribution in [1.29, 1.82) is 0 Å². The molecule has 2 heterocycles. The molecule has 2 fully saturated rings. The molecule has 1 aliphatic carbocycles. The molecule has 1 saturated heterocycles. The summed E-state index contributed by atoms with van der Waals surface area (Å²) in [5.41, 5.74) is -0.330. The standard InChI is InChI=1S/C15H24N4O/c1-2-3-11-19-13(12-16-9-10-17-12)18-15(14(19)20)7-5-4-6-8-15/h9-10,13,18H,2-8,11H2,1H3,(H,16,17)/t13-/m1/s1. The molecule has 1 aromatic rings. The largest absolute Gasteiger partial charge is 0.346 e. The Morgan fingerprint density at radius 1 is 1.40 bits per heavy atom. The Morgan fingerprint density at radius 2 is 2.20 bits per heavy atom. The second-order valence-electron chi connectivity index (χ2n) is 6.02. The van der Waals surface area contributed by atoms with E-state index < -0.39 is 0 Å². The summed E-state index contributed by atoms with van der Waals surface area (Å²) in [6, 6.07) is 0. The number of aromatic nitrogens is 2. The molecule has 2 aliphatic rings. The summed E-state index contributed by atoms with van der Waals surface area (Å²) in [4.78, 5) is 22.4. The number of nitrogens with one attached hydrogen (secondary N) is 2. The van der Waals surface area contributed by atoms with Crippen LogP contribution in [0.25, 0.3) is 0 Å². The van der Waals surface area contributed by atoms with E-state index in [1.165, 1.54) is 6.42 Å². The predicted octanol–water partition coefficient (Wildman–Crippen LogP) is 2.34. The SMILES string of the molecule is CCCCN1C(=O)C2(CCCCC2)N[C@H]1c1ncc[nH]1. The van der Waals surface area contributed by atoms with Gasteiger partial charge in [0.05, 0.1) is 5.54 Å². The Kier molecular flexibility index (Phi) is 3.78. The Hall–Kier alpha value is -1.36. The molecule has 1 atom stereocenters. The van der Waals surface area contributed by atoms with Crippen molar-refractivity contribution in [3.63, 3.8) is 0 Å². The highest BCUT2D eigenvalue weighted by Crippen LogP contribution is 2.39. The highest BCUT2D eigenvalue weighted by atomic mass is 16.2. The molecule has 1 saturated carbocycles. The van der Waals surface area contributed by atoms with Gasteiger partial charge in [-0.3, -0.25) is 10.1 Å². The maximum atomic E-state index is 12.9. The lowest BCUT2D eigenvalue weighted by Crippen LogP contribution is -2.48. The number of H-pyrrole nitrogens is 1. The van der Waals surface area contributed by atoms with E-state index in [1.807, 2.05) is 11.1 Å². The number of unbranched alkanes of at least 4 members (excludes halogenated alkanes) is 1. The quantitative estimate of drug-likeness (QED) is 0.887. The fourth-order valence-corrected chi connectivity index (χ4v) is 3.51. The van der Waals surface area contributed by atoms with Gasteiger partial charge in [0.25, 0.3) is 0 Å². The van der Waals surface area contributed by atoms with Crippen LogP contribution in [0, 0.1) is 0 Å². The molecule has 110 valence electrons. The Balaban J connectivity index is 1.85. The molecular formula is C15H24N4O. The molecule has 0 unspecified atom stereocenters. The smallest absolute Gasteiger partial charge is 0.244 e. The number of nitrogens with zero attached hydrogens (tertiary/aromatic N) is 2. The van der Waals surface area contributed by atoms with Crippen molar-refractivity contribution in [2.24, 2.45) is 0 Å². The molecule has 1 amide bonds. The van der Waals surface area contributed by atoms with Gasteiger partial charge in [-0.15, -0.1) is 0 Å². The van der Waals surface area contributed by atoms with E-state index >= 15 is 0 Å². The summed E-state index contributed by atoms with van der Waals surface area (Å²) in [6.07, 6.45) is 11.1. The summed E-state index contributed by atoms with van der Waals surface area (Å²) in [5, 5.41) is 3.60. The third-order valence-electron chi connectivity index (χ3n) is 4.63. The van der Waals surface area contributed by atoms with Crippen LogP contribution in [0.5, 0.6) is 0 Å². The van der Waals surface area contributed by atoms with Crippen LogP contribution >= 0.6 is 0 Å². The number of imidazole rings is 1. The molecule has 1 aliphatic heterocycles. The van der Waals surface area contributed by atoms with Crippen molar-refractivity contribution in [2.45, 2.75) is 63.6 Å². The van der Waals surface area contributed by atoms with Gasteiger partial charge in [-0.05, 0) is 19.3 Å². The number of amides is 1. The molecular weight excluding hydrogens is 252 g/mol. The number of hydrogen-bond acceptors (Lipinski definition) is 3. The summed E-state index contributed by atoms with van der Waals surface area (Å²) >= 11 is 0. The fraction of sp³-hybridized carbons (Fsp3) is 0.733. The lowest BCUT2D eigenvalue weighted by atomic mass is 9.81. The van der Waals surface area contributed by atoms with Crippen LogP contribution in [-0.2, 0) is 4.79 Å². The summed E-state index contributed by atoms with van der Waals surface area (Å²) in [6.45, 7) is 2.97. The zero-order chi connectivity index (χ0) is 14.0. The van der Waals surface area contributed by atoms with E-state index in [0.29, 0.717) is 0 Å². The van der Waals surface area contributed by atoms with Gasteiger partial charge >= 0.3 is 0 Å². The van der Waals surface area contributed by atoms with E-state index in [-0.39, 0.29) is 17.6 Å². The van der Waals surface area contributed by atoms with Gasteiger partial charge < -0.3 is 9.88 Å². The lowest BCUT2D eigenvalue weighted by molar-refractivity contribution is -0.134. The summed E-state index contributed by atoms with van der Waals surface area (Å²) < 4.78 is 0. The maximum absolute atomic E-state index is 12.9. The van der Waals surface area contributed by atoms with Crippen molar-refractivity contribution in [1.82, 2.24) is 20.2 Å². The summed E-state index contributed by atoms with van der Waals surface area (Å²) in [7, 11) is 0. The van der Waals surface area contributed by atoms with Crippen LogP contribution in [0.4, 0.5) is 0 Å². The fourth-order valence-electron chi connectivity index (χ4n) is 3.51. The van der Waals surface area contributed by atoms with Crippen molar-refractivity contribution in [3.05, 3.63) is 18.2 Å². The molecule has 1 aromatic heterocycles. The highest BCUT2D eigenvalue weighted by Gasteiger charge is 2.51. The zero-order valence-electron chi connectivity index (χ0n) is 12.2. The molecule has 20 heavy (non-hydrogen) atoms. The maximum Gasteiger partial charge on any atom is 0.244 e. The van der Waals surface area contributed by atoms with Gasteiger partial charge in [-0.2, -0.15) is 0 Å². The van der Waals surface area contributed by atoms with Crippen LogP contribution in [0.3, 0.4) is 0 Å². The molecule has 0 radical (unpaired) electrons. The van der Waals surface area contributed by atoms with Gasteiger partial charge in [-0.1, -0.05) is 32.6 Å². The summed E-state index contributed by atoms with van der Waals surface area (Å²) in [5.74, 6) is 1.14. The van der Waals surface area contributed by atoms with Crippen LogP contribution < -0.4 is 5.32 Å². The van der Waals surface area contributed by atoms with E-state index in [0.717, 1.165) is 50.9 Å². The molecule has 0 aromatic carbocycles. The van der Waals surface area contributed by atoms with Gasteiger partial charge in [0.15, 0.2) is 0 Å². The van der Waals surface area contributed by atoms with Gasteiger partial charge in [-0.25, -0.2) is 4.98 Å². The van der Waals surface area contributed by atoms with E-state index in [2.05, 4.69) is 22.2 Å². The topological polar surface area (TPSA) is 61.0 Å². The number of hydrogen-bond donors (Lipinski definition) is 2. The van der Waals surface area contributed by atoms with Gasteiger partial charge in [0, 0.05) is 18.9 Å². The van der Waals surface area contributed by atoms with Gasteiger partial charge in [0.1, 0.15) is 12.0 Å². The Labute approximate surface area is 120 Å². The molecule has 5 nitrogen and oxygen atoms in total. The second kappa shape index (κ2) is 5.56. The van der Waals surface area contributed by atoms with Crippen LogP contribution in [0.1, 0.15) is 63.9 Å². The number of rotatable bonds is 4. The molecule has 1 spiro atoms. The molecule has 0 bridgehead atoms. The molecule has 2 N–H and O–H groups in total. The number of aromatic amines is 1. The first kappa shape index (κ1) is 13.6. The predicted molar refractivity (Wildman–Crippen MR) is 76.9 cm³/mol. The van der Waals surface area contributed by atoms with Crippen LogP contribution in [-0.4, -0.2) is 32.9 Å². The molecule has 5 heteroatoms. The average Bonchev–Trinajstić information content (AvgIpc) is 3.08. The van der Waals surface area contributed by atoms with Crippen molar-refractivity contribution in [2.75, 3.05) is 6.54 Å². The first-order chi connectivity index (χ1) is 9.77. The first-order valence-corrected chi connectivity index (χ1v) is 7.85. The number of carbonyl (C=O) groups excluding carboxylic acids is 1. The van der Waals surface area contributed by atoms with Crippen molar-refractivity contribution >= 4 is 5.91 Å². The molecule has 3 rings (SSSR count). The van der Waals surface area contributed by atoms with E-state index in [9.17, 15) is 4.79 Å². The Bertz CT molecular complexity index is 450. The van der Waals surface area contributed by atoms with E-state index in [4.69, 9.17) is 0 Å². The van der Waals surface area contributed by atoms with Crippen LogP contribution in [0.2, 0.25) is 0 Å². The minimum absolute atomic E-state index is 0.0813. The normalized spacial score (nSPS) is 25.6. The second-order valence-corrected chi connectivity index (χ2v) is 6.02. The van der Waals surface area contributed by atoms with E-state index in [1.54, 1.807) is 6.20 Å². The average molecular weight is 276 g/mol. The zero-order valence-corrected chi connectivity index (χ0v) is 12.2. The van der Waals surface area contributed by atoms with Crippen molar-refractivity contribution < 1.29 is 4.79 Å². The van der Waals surface area contributed by atoms with Crippen LogP contribution in [0.15, 0.2) is 12.4 Å².